The standard InChI is InChI=1S/C19H28FN3O2/c1-2-22-9-11-23(12-10-22)17-6-5-15(13-16(17)20)18(25)21-19(14-24)7-3-4-8-19/h5-6,13,24H,2-4,7-12,14H2,1H3,(H,21,25). The van der Waals surface area contributed by atoms with Crippen LogP contribution in [0.1, 0.15) is 43.0 Å². The monoisotopic (exact) mass is 349 g/mol. The molecular weight excluding hydrogens is 321 g/mol. The fraction of sp³-hybridized carbons (Fsp3) is 0.632. The summed E-state index contributed by atoms with van der Waals surface area (Å²) in [7, 11) is 0. The molecule has 2 aliphatic rings. The molecule has 1 aliphatic heterocycles. The molecule has 2 fully saturated rings. The van der Waals surface area contributed by atoms with Gasteiger partial charge in [-0.05, 0) is 37.6 Å². The minimum atomic E-state index is -0.539. The van der Waals surface area contributed by atoms with Crippen LogP contribution in [0.5, 0.6) is 0 Å². The highest BCUT2D eigenvalue weighted by molar-refractivity contribution is 5.95. The number of hydrogen-bond donors (Lipinski definition) is 2. The smallest absolute Gasteiger partial charge is 0.251 e. The minimum Gasteiger partial charge on any atom is -0.394 e. The van der Waals surface area contributed by atoms with Crippen molar-refractivity contribution in [1.29, 1.82) is 0 Å². The third-order valence-electron chi connectivity index (χ3n) is 5.61. The number of amides is 1. The molecular formula is C19H28FN3O2. The van der Waals surface area contributed by atoms with E-state index in [2.05, 4.69) is 17.1 Å². The molecule has 1 saturated heterocycles. The first-order valence-electron chi connectivity index (χ1n) is 9.27. The molecule has 5 nitrogen and oxygen atoms in total. The van der Waals surface area contributed by atoms with Crippen LogP contribution in [0.15, 0.2) is 18.2 Å². The highest BCUT2D eigenvalue weighted by atomic mass is 19.1. The van der Waals surface area contributed by atoms with Crippen molar-refractivity contribution in [3.8, 4) is 0 Å². The number of rotatable bonds is 5. The number of aliphatic hydroxyl groups is 1. The van der Waals surface area contributed by atoms with E-state index in [4.69, 9.17) is 0 Å². The molecule has 3 rings (SSSR count). The molecule has 0 bridgehead atoms. The van der Waals surface area contributed by atoms with Crippen molar-refractivity contribution >= 4 is 11.6 Å². The lowest BCUT2D eigenvalue weighted by atomic mass is 9.98. The Morgan fingerprint density at radius 3 is 2.48 bits per heavy atom. The highest BCUT2D eigenvalue weighted by Gasteiger charge is 2.35. The summed E-state index contributed by atoms with van der Waals surface area (Å²) in [6.45, 7) is 6.53. The SMILES string of the molecule is CCN1CCN(c2ccc(C(=O)NC3(CO)CCCC3)cc2F)CC1. The highest BCUT2D eigenvalue weighted by Crippen LogP contribution is 2.30. The second-order valence-electron chi connectivity index (χ2n) is 7.19. The van der Waals surface area contributed by atoms with E-state index < -0.39 is 5.54 Å². The number of nitrogens with zero attached hydrogens (tertiary/aromatic N) is 2. The Morgan fingerprint density at radius 1 is 1.24 bits per heavy atom. The first-order chi connectivity index (χ1) is 12.1. The summed E-state index contributed by atoms with van der Waals surface area (Å²) in [5.74, 6) is -0.667. The second-order valence-corrected chi connectivity index (χ2v) is 7.19. The van der Waals surface area contributed by atoms with E-state index in [9.17, 15) is 14.3 Å². The summed E-state index contributed by atoms with van der Waals surface area (Å²) in [5, 5.41) is 12.5. The third-order valence-corrected chi connectivity index (χ3v) is 5.61. The van der Waals surface area contributed by atoms with Crippen LogP contribution in [0, 0.1) is 5.82 Å². The molecule has 0 unspecified atom stereocenters. The first-order valence-corrected chi connectivity index (χ1v) is 9.27. The van der Waals surface area contributed by atoms with Crippen LogP contribution >= 0.6 is 0 Å². The molecule has 138 valence electrons. The number of halogens is 1. The van der Waals surface area contributed by atoms with Crippen molar-refractivity contribution in [2.45, 2.75) is 38.1 Å². The van der Waals surface area contributed by atoms with Crippen LogP contribution in [-0.2, 0) is 0 Å². The van der Waals surface area contributed by atoms with Crippen LogP contribution in [0.25, 0.3) is 0 Å². The quantitative estimate of drug-likeness (QED) is 0.854. The molecule has 1 heterocycles. The van der Waals surface area contributed by atoms with Gasteiger partial charge in [0.1, 0.15) is 5.82 Å². The van der Waals surface area contributed by atoms with Gasteiger partial charge in [0.05, 0.1) is 17.8 Å². The van der Waals surface area contributed by atoms with Gasteiger partial charge in [-0.1, -0.05) is 19.8 Å². The van der Waals surface area contributed by atoms with Crippen LogP contribution in [-0.4, -0.2) is 60.8 Å². The van der Waals surface area contributed by atoms with Gasteiger partial charge in [0.25, 0.3) is 5.91 Å². The average molecular weight is 349 g/mol. The van der Waals surface area contributed by atoms with Crippen LogP contribution in [0.4, 0.5) is 10.1 Å². The lowest BCUT2D eigenvalue weighted by Gasteiger charge is -2.35. The van der Waals surface area contributed by atoms with Gasteiger partial charge in [0.2, 0.25) is 0 Å². The number of benzene rings is 1. The Bertz CT molecular complexity index is 609. The van der Waals surface area contributed by atoms with Gasteiger partial charge in [-0.2, -0.15) is 0 Å². The third kappa shape index (κ3) is 3.96. The summed E-state index contributed by atoms with van der Waals surface area (Å²) < 4.78 is 14.6. The van der Waals surface area contributed by atoms with E-state index in [0.29, 0.717) is 11.3 Å². The topological polar surface area (TPSA) is 55.8 Å². The van der Waals surface area contributed by atoms with E-state index in [-0.39, 0.29) is 18.3 Å². The van der Waals surface area contributed by atoms with Crippen molar-refractivity contribution < 1.29 is 14.3 Å². The molecule has 1 saturated carbocycles. The number of carbonyl (C=O) groups is 1. The molecule has 0 spiro atoms. The maximum atomic E-state index is 14.6. The Kier molecular flexibility index (Phi) is 5.59. The van der Waals surface area contributed by atoms with Crippen molar-refractivity contribution in [2.24, 2.45) is 0 Å². The molecule has 2 N–H and O–H groups in total. The maximum absolute atomic E-state index is 14.6. The fourth-order valence-corrected chi connectivity index (χ4v) is 3.90. The van der Waals surface area contributed by atoms with Gasteiger partial charge in [0.15, 0.2) is 0 Å². The van der Waals surface area contributed by atoms with E-state index in [1.807, 2.05) is 4.90 Å². The summed E-state index contributed by atoms with van der Waals surface area (Å²) in [6, 6.07) is 4.70. The zero-order valence-corrected chi connectivity index (χ0v) is 14.9. The number of nitrogens with one attached hydrogen (secondary N) is 1. The van der Waals surface area contributed by atoms with E-state index in [0.717, 1.165) is 58.4 Å². The number of aliphatic hydroxyl groups excluding tert-OH is 1. The number of hydrogen-bond acceptors (Lipinski definition) is 4. The van der Waals surface area contributed by atoms with Gasteiger partial charge in [-0.25, -0.2) is 4.39 Å². The predicted octanol–water partition coefficient (Wildman–Crippen LogP) is 2.00. The van der Waals surface area contributed by atoms with E-state index in [1.165, 1.54) is 6.07 Å². The number of carbonyl (C=O) groups excluding carboxylic acids is 1. The van der Waals surface area contributed by atoms with Gasteiger partial charge in [-0.3, -0.25) is 4.79 Å². The summed E-state index contributed by atoms with van der Waals surface area (Å²) in [4.78, 5) is 16.9. The van der Waals surface area contributed by atoms with Crippen molar-refractivity contribution in [1.82, 2.24) is 10.2 Å². The number of piperazine rings is 1. The van der Waals surface area contributed by atoms with Gasteiger partial charge >= 0.3 is 0 Å². The zero-order chi connectivity index (χ0) is 17.9. The Morgan fingerprint density at radius 2 is 1.92 bits per heavy atom. The fourth-order valence-electron chi connectivity index (χ4n) is 3.90. The minimum absolute atomic E-state index is 0.0684. The number of likely N-dealkylation sites (N-methyl/N-ethyl adjacent to an activating group) is 1. The lowest BCUT2D eigenvalue weighted by Crippen LogP contribution is -2.49. The summed E-state index contributed by atoms with van der Waals surface area (Å²) >= 11 is 0. The van der Waals surface area contributed by atoms with Crippen molar-refractivity contribution in [3.05, 3.63) is 29.6 Å². The Balaban J connectivity index is 1.68. The molecule has 1 aliphatic carbocycles. The number of anilines is 1. The molecule has 1 aromatic rings. The average Bonchev–Trinajstić information content (AvgIpc) is 3.11. The molecule has 25 heavy (non-hydrogen) atoms. The molecule has 0 aromatic heterocycles. The van der Waals surface area contributed by atoms with E-state index >= 15 is 0 Å². The predicted molar refractivity (Wildman–Crippen MR) is 96.5 cm³/mol. The van der Waals surface area contributed by atoms with Gasteiger partial charge in [-0.15, -0.1) is 0 Å². The summed E-state index contributed by atoms with van der Waals surface area (Å²) in [5.41, 5.74) is 0.334. The molecule has 0 atom stereocenters. The molecule has 1 aromatic carbocycles. The Labute approximate surface area is 148 Å². The van der Waals surface area contributed by atoms with Crippen molar-refractivity contribution in [3.63, 3.8) is 0 Å². The first kappa shape index (κ1) is 18.1. The van der Waals surface area contributed by atoms with Crippen LogP contribution in [0.3, 0.4) is 0 Å². The zero-order valence-electron chi connectivity index (χ0n) is 14.9. The van der Waals surface area contributed by atoms with Gasteiger partial charge in [0, 0.05) is 31.7 Å². The second kappa shape index (κ2) is 7.70. The maximum Gasteiger partial charge on any atom is 0.251 e. The Hall–Kier alpha value is -1.66. The molecule has 6 heteroatoms. The van der Waals surface area contributed by atoms with Gasteiger partial charge < -0.3 is 20.2 Å². The van der Waals surface area contributed by atoms with Crippen LogP contribution in [0.2, 0.25) is 0 Å². The normalized spacial score (nSPS) is 20.7. The van der Waals surface area contributed by atoms with E-state index in [1.54, 1.807) is 12.1 Å². The molecule has 0 radical (unpaired) electrons. The van der Waals surface area contributed by atoms with Crippen molar-refractivity contribution in [2.75, 3.05) is 44.2 Å². The van der Waals surface area contributed by atoms with Crippen LogP contribution < -0.4 is 10.2 Å². The molecule has 1 amide bonds. The largest absolute Gasteiger partial charge is 0.394 e. The lowest BCUT2D eigenvalue weighted by molar-refractivity contribution is 0.0838. The summed E-state index contributed by atoms with van der Waals surface area (Å²) in [6.07, 6.45) is 3.55.